The molecule has 0 aromatic carbocycles. The van der Waals surface area contributed by atoms with Crippen LogP contribution in [0.1, 0.15) is 246 Å². The molecule has 0 rings (SSSR count). The maximum absolute atomic E-state index is 12.7. The van der Waals surface area contributed by atoms with Crippen molar-refractivity contribution in [2.75, 3.05) is 13.2 Å². The largest absolute Gasteiger partial charge is 0.462 e. The van der Waals surface area contributed by atoms with E-state index in [1.54, 1.807) is 0 Å². The van der Waals surface area contributed by atoms with Gasteiger partial charge in [0.15, 0.2) is 6.10 Å². The molecule has 0 aliphatic heterocycles. The van der Waals surface area contributed by atoms with E-state index in [1.165, 1.54) is 141 Å². The Hall–Kier alpha value is -1.59. The molecule has 0 saturated heterocycles. The van der Waals surface area contributed by atoms with Gasteiger partial charge in [-0.1, -0.05) is 207 Å². The summed E-state index contributed by atoms with van der Waals surface area (Å²) in [6, 6.07) is 0. The Bertz CT molecular complexity index is 766. The van der Waals surface area contributed by atoms with Crippen LogP contribution in [0.3, 0.4) is 0 Å². The van der Waals surface area contributed by atoms with Crippen molar-refractivity contribution in [3.8, 4) is 0 Å². The number of hydrogen-bond donors (Lipinski definition) is 0. The minimum atomic E-state index is -0.757. The number of unbranched alkanes of at least 4 members (excludes halogenated alkanes) is 27. The molecule has 0 bridgehead atoms. The molecule has 0 unspecified atom stereocenters. The summed E-state index contributed by atoms with van der Waals surface area (Å²) in [7, 11) is 0. The van der Waals surface area contributed by atoms with Gasteiger partial charge in [-0.2, -0.15) is 0 Å². The molecular weight excluding hydrogens is 636 g/mol. The number of carbonyl (C=O) groups is 3. The second kappa shape index (κ2) is 39.6. The van der Waals surface area contributed by atoms with Gasteiger partial charge in [0.1, 0.15) is 13.2 Å². The Morgan fingerprint density at radius 1 is 0.373 bits per heavy atom. The molecule has 302 valence electrons. The highest BCUT2D eigenvalue weighted by Crippen LogP contribution is 2.16. The van der Waals surface area contributed by atoms with Crippen molar-refractivity contribution in [3.63, 3.8) is 0 Å². The third-order valence-electron chi connectivity index (χ3n) is 10.0. The van der Waals surface area contributed by atoms with Crippen molar-refractivity contribution in [2.24, 2.45) is 5.92 Å². The first kappa shape index (κ1) is 49.4. The lowest BCUT2D eigenvalue weighted by Gasteiger charge is -2.18. The highest BCUT2D eigenvalue weighted by Gasteiger charge is 2.19. The zero-order valence-electron chi connectivity index (χ0n) is 34.6. The lowest BCUT2D eigenvalue weighted by Crippen LogP contribution is -2.30. The summed E-state index contributed by atoms with van der Waals surface area (Å²) >= 11 is 0. The normalized spacial score (nSPS) is 11.9. The van der Waals surface area contributed by atoms with Crippen molar-refractivity contribution < 1.29 is 28.6 Å². The lowest BCUT2D eigenvalue weighted by atomic mass is 10.0. The number of ether oxygens (including phenoxy) is 3. The van der Waals surface area contributed by atoms with Gasteiger partial charge in [0.2, 0.25) is 0 Å². The average Bonchev–Trinajstić information content (AvgIpc) is 3.11. The Balaban J connectivity index is 4.24. The van der Waals surface area contributed by atoms with E-state index in [1.807, 2.05) is 0 Å². The summed E-state index contributed by atoms with van der Waals surface area (Å²) in [5, 5.41) is 0. The molecule has 0 spiro atoms. The molecule has 0 aromatic rings. The fraction of sp³-hybridized carbons (Fsp3) is 0.933. The second-order valence-electron chi connectivity index (χ2n) is 15.8. The smallest absolute Gasteiger partial charge is 0.306 e. The first-order valence-corrected chi connectivity index (χ1v) is 22.4. The monoisotopic (exact) mass is 723 g/mol. The van der Waals surface area contributed by atoms with Gasteiger partial charge in [0.05, 0.1) is 0 Å². The van der Waals surface area contributed by atoms with Crippen LogP contribution in [-0.4, -0.2) is 37.2 Å². The summed E-state index contributed by atoms with van der Waals surface area (Å²) in [5.41, 5.74) is 0. The SMILES string of the molecule is CCCCCCCCCCCCC(=O)OC[C@H](COC(=O)CCCCCCCCC)OC(=O)CCCCCCCCCCCCCCCC(C)C. The standard InChI is InChI=1S/C45H86O6/c1-5-7-9-11-13-14-21-25-29-33-37-44(47)50-40-42(39-49-43(46)36-32-28-23-12-10-8-6-2)51-45(48)38-34-30-26-22-19-17-15-16-18-20-24-27-31-35-41(3)4/h41-42H,5-40H2,1-4H3/t42-/m0/s1. The minimum Gasteiger partial charge on any atom is -0.462 e. The van der Waals surface area contributed by atoms with Gasteiger partial charge >= 0.3 is 17.9 Å². The average molecular weight is 723 g/mol. The molecule has 6 heteroatoms. The van der Waals surface area contributed by atoms with Gasteiger partial charge in [0.25, 0.3) is 0 Å². The van der Waals surface area contributed by atoms with E-state index in [9.17, 15) is 14.4 Å². The fourth-order valence-corrected chi connectivity index (χ4v) is 6.63. The van der Waals surface area contributed by atoms with Gasteiger partial charge in [-0.05, 0) is 25.2 Å². The van der Waals surface area contributed by atoms with Crippen LogP contribution in [0.25, 0.3) is 0 Å². The van der Waals surface area contributed by atoms with E-state index >= 15 is 0 Å². The third kappa shape index (κ3) is 39.5. The zero-order valence-corrected chi connectivity index (χ0v) is 34.6. The molecule has 1 atom stereocenters. The number of hydrogen-bond acceptors (Lipinski definition) is 6. The molecule has 0 radical (unpaired) electrons. The minimum absolute atomic E-state index is 0.0643. The van der Waals surface area contributed by atoms with E-state index < -0.39 is 6.10 Å². The summed E-state index contributed by atoms with van der Waals surface area (Å²) in [6.07, 6.45) is 38.1. The first-order valence-electron chi connectivity index (χ1n) is 22.4. The van der Waals surface area contributed by atoms with Gasteiger partial charge in [-0.15, -0.1) is 0 Å². The molecule has 51 heavy (non-hydrogen) atoms. The van der Waals surface area contributed by atoms with Crippen molar-refractivity contribution in [1.82, 2.24) is 0 Å². The molecule has 0 aliphatic carbocycles. The summed E-state index contributed by atoms with van der Waals surface area (Å²) in [4.78, 5) is 37.5. The van der Waals surface area contributed by atoms with E-state index in [2.05, 4.69) is 27.7 Å². The van der Waals surface area contributed by atoms with Crippen molar-refractivity contribution in [3.05, 3.63) is 0 Å². The Morgan fingerprint density at radius 3 is 0.961 bits per heavy atom. The molecule has 0 aliphatic rings. The van der Waals surface area contributed by atoms with Crippen molar-refractivity contribution in [2.45, 2.75) is 252 Å². The second-order valence-corrected chi connectivity index (χ2v) is 15.8. The van der Waals surface area contributed by atoms with Crippen LogP contribution in [0, 0.1) is 5.92 Å². The fourth-order valence-electron chi connectivity index (χ4n) is 6.63. The van der Waals surface area contributed by atoms with E-state index in [-0.39, 0.29) is 31.1 Å². The Kier molecular flexibility index (Phi) is 38.4. The third-order valence-corrected chi connectivity index (χ3v) is 10.0. The molecule has 6 nitrogen and oxygen atoms in total. The van der Waals surface area contributed by atoms with Crippen LogP contribution in [0.2, 0.25) is 0 Å². The summed E-state index contributed by atoms with van der Waals surface area (Å²) in [5.74, 6) is -0.0242. The maximum atomic E-state index is 12.7. The molecule has 0 N–H and O–H groups in total. The molecule has 0 heterocycles. The Morgan fingerprint density at radius 2 is 0.647 bits per heavy atom. The first-order chi connectivity index (χ1) is 24.9. The summed E-state index contributed by atoms with van der Waals surface area (Å²) < 4.78 is 16.6. The highest BCUT2D eigenvalue weighted by atomic mass is 16.6. The number of rotatable bonds is 40. The van der Waals surface area contributed by atoms with Crippen molar-refractivity contribution >= 4 is 17.9 Å². The van der Waals surface area contributed by atoms with Crippen LogP contribution in [0.15, 0.2) is 0 Å². The molecule has 0 amide bonds. The summed E-state index contributed by atoms with van der Waals surface area (Å²) in [6.45, 7) is 8.95. The molecule has 0 saturated carbocycles. The molecule has 0 fully saturated rings. The number of carbonyl (C=O) groups excluding carboxylic acids is 3. The van der Waals surface area contributed by atoms with Crippen LogP contribution < -0.4 is 0 Å². The maximum Gasteiger partial charge on any atom is 0.306 e. The predicted molar refractivity (Wildman–Crippen MR) is 215 cm³/mol. The molecule has 0 aromatic heterocycles. The van der Waals surface area contributed by atoms with Gasteiger partial charge < -0.3 is 14.2 Å². The zero-order chi connectivity index (χ0) is 37.5. The van der Waals surface area contributed by atoms with Crippen LogP contribution in [-0.2, 0) is 28.6 Å². The molecular formula is C45H86O6. The predicted octanol–water partition coefficient (Wildman–Crippen LogP) is 13.9. The van der Waals surface area contributed by atoms with E-state index in [4.69, 9.17) is 14.2 Å². The lowest BCUT2D eigenvalue weighted by molar-refractivity contribution is -0.167. The van der Waals surface area contributed by atoms with Gasteiger partial charge in [-0.3, -0.25) is 14.4 Å². The quantitative estimate of drug-likeness (QED) is 0.0356. The Labute approximate surface area is 317 Å². The highest BCUT2D eigenvalue weighted by molar-refractivity contribution is 5.71. The number of esters is 3. The van der Waals surface area contributed by atoms with E-state index in [0.29, 0.717) is 19.3 Å². The van der Waals surface area contributed by atoms with Gasteiger partial charge in [-0.25, -0.2) is 0 Å². The van der Waals surface area contributed by atoms with Crippen LogP contribution in [0.5, 0.6) is 0 Å². The van der Waals surface area contributed by atoms with Crippen LogP contribution in [0.4, 0.5) is 0 Å². The van der Waals surface area contributed by atoms with E-state index in [0.717, 1.165) is 63.7 Å². The topological polar surface area (TPSA) is 78.9 Å². The van der Waals surface area contributed by atoms with Crippen molar-refractivity contribution in [1.29, 1.82) is 0 Å². The van der Waals surface area contributed by atoms with Crippen LogP contribution >= 0.6 is 0 Å². The van der Waals surface area contributed by atoms with Gasteiger partial charge in [0, 0.05) is 19.3 Å².